The lowest BCUT2D eigenvalue weighted by molar-refractivity contribution is -0.385. The van der Waals surface area contributed by atoms with E-state index in [0.717, 1.165) is 36.9 Å². The molecule has 0 N–H and O–H groups in total. The average molecular weight is 243 g/mol. The Labute approximate surface area is 95.8 Å². The van der Waals surface area contributed by atoms with Crippen LogP contribution in [0.1, 0.15) is 0 Å². The third-order valence-electron chi connectivity index (χ3n) is 2.33. The lowest BCUT2D eigenvalue weighted by Crippen LogP contribution is -2.33. The van der Waals surface area contributed by atoms with E-state index in [-0.39, 0.29) is 11.5 Å². The summed E-state index contributed by atoms with van der Waals surface area (Å²) in [6, 6.07) is 0.921. The molecule has 0 atom stereocenters. The van der Waals surface area contributed by atoms with Crippen molar-refractivity contribution in [3.63, 3.8) is 0 Å². The number of aromatic nitrogens is 1. The summed E-state index contributed by atoms with van der Waals surface area (Å²) in [6.45, 7) is 1.46. The molecule has 16 heavy (non-hydrogen) atoms. The van der Waals surface area contributed by atoms with Crippen molar-refractivity contribution in [2.24, 2.45) is 0 Å². The highest BCUT2D eigenvalue weighted by atomic mass is 32.2. The Morgan fingerprint density at radius 2 is 2.19 bits per heavy atom. The summed E-state index contributed by atoms with van der Waals surface area (Å²) in [5.41, 5.74) is -0.312. The molecule has 7 heteroatoms. The number of pyridine rings is 1. The van der Waals surface area contributed by atoms with Crippen molar-refractivity contribution in [3.05, 3.63) is 28.2 Å². The second kappa shape index (κ2) is 4.65. The Hall–Kier alpha value is -1.37. The Morgan fingerprint density at radius 1 is 1.50 bits per heavy atom. The van der Waals surface area contributed by atoms with Gasteiger partial charge >= 0.3 is 0 Å². The fourth-order valence-electron chi connectivity index (χ4n) is 1.53. The molecule has 1 aromatic rings. The molecule has 1 aromatic heterocycles. The Morgan fingerprint density at radius 3 is 2.75 bits per heavy atom. The number of rotatable bonds is 2. The summed E-state index contributed by atoms with van der Waals surface area (Å²) in [5, 5.41) is 10.4. The molecule has 0 radical (unpaired) electrons. The van der Waals surface area contributed by atoms with Crippen LogP contribution in [-0.2, 0) is 0 Å². The average Bonchev–Trinajstić information content (AvgIpc) is 2.30. The number of hydrogen-bond donors (Lipinski definition) is 0. The SMILES string of the molecule is O=[N+]([O-])c1cnc(N2CCSCC2)c(F)c1. The molecule has 1 fully saturated rings. The largest absolute Gasteiger partial charge is 0.353 e. The van der Waals surface area contributed by atoms with E-state index in [1.165, 1.54) is 0 Å². The fraction of sp³-hybridized carbons (Fsp3) is 0.444. The van der Waals surface area contributed by atoms with Crippen molar-refractivity contribution in [2.45, 2.75) is 0 Å². The van der Waals surface area contributed by atoms with Gasteiger partial charge in [-0.2, -0.15) is 11.8 Å². The van der Waals surface area contributed by atoms with E-state index in [0.29, 0.717) is 0 Å². The molecule has 0 spiro atoms. The molecule has 1 aliphatic rings. The van der Waals surface area contributed by atoms with Gasteiger partial charge in [0.2, 0.25) is 0 Å². The standard InChI is InChI=1S/C9H10FN3O2S/c10-8-5-7(13(14)15)6-11-9(8)12-1-3-16-4-2-12/h5-6H,1-4H2. The minimum Gasteiger partial charge on any atom is -0.353 e. The summed E-state index contributed by atoms with van der Waals surface area (Å²) in [4.78, 5) is 15.4. The predicted molar refractivity (Wildman–Crippen MR) is 60.4 cm³/mol. The predicted octanol–water partition coefficient (Wildman–Crippen LogP) is 1.68. The maximum atomic E-state index is 13.6. The molecule has 1 aliphatic heterocycles. The third-order valence-corrected chi connectivity index (χ3v) is 3.27. The Balaban J connectivity index is 2.24. The van der Waals surface area contributed by atoms with Crippen LogP contribution >= 0.6 is 11.8 Å². The number of hydrogen-bond acceptors (Lipinski definition) is 5. The van der Waals surface area contributed by atoms with Crippen LogP contribution in [0.3, 0.4) is 0 Å². The van der Waals surface area contributed by atoms with Crippen molar-refractivity contribution in [3.8, 4) is 0 Å². The lowest BCUT2D eigenvalue weighted by Gasteiger charge is -2.27. The van der Waals surface area contributed by atoms with E-state index in [1.54, 1.807) is 0 Å². The van der Waals surface area contributed by atoms with E-state index < -0.39 is 10.7 Å². The van der Waals surface area contributed by atoms with E-state index >= 15 is 0 Å². The van der Waals surface area contributed by atoms with Crippen LogP contribution in [0.4, 0.5) is 15.9 Å². The van der Waals surface area contributed by atoms with Crippen molar-refractivity contribution in [1.82, 2.24) is 4.98 Å². The highest BCUT2D eigenvalue weighted by molar-refractivity contribution is 7.99. The second-order valence-electron chi connectivity index (χ2n) is 3.36. The quantitative estimate of drug-likeness (QED) is 0.584. The van der Waals surface area contributed by atoms with Crippen molar-refractivity contribution < 1.29 is 9.31 Å². The molecule has 2 rings (SSSR count). The molecule has 0 bridgehead atoms. The smallest absolute Gasteiger partial charge is 0.290 e. The van der Waals surface area contributed by atoms with Gasteiger partial charge in [0.15, 0.2) is 11.6 Å². The Bertz CT molecular complexity index is 410. The fourth-order valence-corrected chi connectivity index (χ4v) is 2.43. The molecule has 5 nitrogen and oxygen atoms in total. The van der Waals surface area contributed by atoms with Crippen molar-refractivity contribution in [1.29, 1.82) is 0 Å². The van der Waals surface area contributed by atoms with Gasteiger partial charge in [0.1, 0.15) is 6.20 Å². The molecule has 0 unspecified atom stereocenters. The van der Waals surface area contributed by atoms with Gasteiger partial charge in [0.05, 0.1) is 11.0 Å². The molecule has 1 saturated heterocycles. The molecule has 0 amide bonds. The first-order valence-corrected chi connectivity index (χ1v) is 5.96. The molecule has 86 valence electrons. The molecule has 2 heterocycles. The summed E-state index contributed by atoms with van der Waals surface area (Å²) < 4.78 is 13.6. The summed E-state index contributed by atoms with van der Waals surface area (Å²) >= 11 is 1.81. The van der Waals surface area contributed by atoms with Crippen LogP contribution in [0.25, 0.3) is 0 Å². The highest BCUT2D eigenvalue weighted by Gasteiger charge is 2.19. The molecular weight excluding hydrogens is 233 g/mol. The zero-order valence-corrected chi connectivity index (χ0v) is 9.24. The van der Waals surface area contributed by atoms with Gasteiger partial charge in [0.25, 0.3) is 5.69 Å². The number of halogens is 1. The second-order valence-corrected chi connectivity index (χ2v) is 4.58. The van der Waals surface area contributed by atoms with Crippen molar-refractivity contribution >= 4 is 23.3 Å². The molecule has 0 aliphatic carbocycles. The van der Waals surface area contributed by atoms with Crippen molar-refractivity contribution in [2.75, 3.05) is 29.5 Å². The minimum absolute atomic E-state index is 0.214. The zero-order valence-electron chi connectivity index (χ0n) is 8.43. The summed E-state index contributed by atoms with van der Waals surface area (Å²) in [7, 11) is 0. The van der Waals surface area contributed by atoms with Crippen LogP contribution in [0, 0.1) is 15.9 Å². The van der Waals surface area contributed by atoms with Gasteiger partial charge in [-0.1, -0.05) is 0 Å². The zero-order chi connectivity index (χ0) is 11.5. The van der Waals surface area contributed by atoms with E-state index in [9.17, 15) is 14.5 Å². The third kappa shape index (κ3) is 2.24. The lowest BCUT2D eigenvalue weighted by atomic mass is 10.3. The summed E-state index contributed by atoms with van der Waals surface area (Å²) in [6.07, 6.45) is 1.10. The Kier molecular flexibility index (Phi) is 3.23. The number of anilines is 1. The van der Waals surface area contributed by atoms with E-state index in [4.69, 9.17) is 0 Å². The van der Waals surface area contributed by atoms with Gasteiger partial charge in [-0.25, -0.2) is 9.37 Å². The number of nitrogens with zero attached hydrogens (tertiary/aromatic N) is 3. The first-order valence-electron chi connectivity index (χ1n) is 4.81. The molecule has 0 aromatic carbocycles. The van der Waals surface area contributed by atoms with Crippen LogP contribution in [-0.4, -0.2) is 34.5 Å². The van der Waals surface area contributed by atoms with Gasteiger partial charge in [-0.05, 0) is 0 Å². The topological polar surface area (TPSA) is 59.3 Å². The van der Waals surface area contributed by atoms with Crippen LogP contribution in [0.5, 0.6) is 0 Å². The normalized spacial score (nSPS) is 16.2. The van der Waals surface area contributed by atoms with Gasteiger partial charge in [-0.15, -0.1) is 0 Å². The first kappa shape index (κ1) is 11.1. The van der Waals surface area contributed by atoms with Crippen LogP contribution in [0.2, 0.25) is 0 Å². The maximum absolute atomic E-state index is 13.6. The summed E-state index contributed by atoms with van der Waals surface area (Å²) in [5.74, 6) is 1.45. The minimum atomic E-state index is -0.647. The molecular formula is C9H10FN3O2S. The highest BCUT2D eigenvalue weighted by Crippen LogP contribution is 2.23. The van der Waals surface area contributed by atoms with Gasteiger partial charge in [0, 0.05) is 24.6 Å². The molecule has 0 saturated carbocycles. The van der Waals surface area contributed by atoms with Crippen LogP contribution < -0.4 is 4.90 Å². The monoisotopic (exact) mass is 243 g/mol. The number of thioether (sulfide) groups is 1. The van der Waals surface area contributed by atoms with E-state index in [1.807, 2.05) is 16.7 Å². The van der Waals surface area contributed by atoms with Gasteiger partial charge < -0.3 is 4.90 Å². The van der Waals surface area contributed by atoms with Gasteiger partial charge in [-0.3, -0.25) is 10.1 Å². The number of nitro groups is 1. The first-order chi connectivity index (χ1) is 7.68. The van der Waals surface area contributed by atoms with E-state index in [2.05, 4.69) is 4.98 Å². The van der Waals surface area contributed by atoms with Crippen LogP contribution in [0.15, 0.2) is 12.3 Å². The maximum Gasteiger partial charge on any atom is 0.290 e.